The minimum Gasteiger partial charge on any atom is -0.362 e. The highest BCUT2D eigenvalue weighted by Gasteiger charge is 2.30. The highest BCUT2D eigenvalue weighted by atomic mass is 32.1. The van der Waals surface area contributed by atoms with Crippen molar-refractivity contribution in [2.75, 3.05) is 13.1 Å². The zero-order valence-corrected chi connectivity index (χ0v) is 16.5. The third-order valence-corrected chi connectivity index (χ3v) is 5.60. The van der Waals surface area contributed by atoms with Crippen molar-refractivity contribution < 1.29 is 0 Å². The lowest BCUT2D eigenvalue weighted by atomic mass is 9.99. The molecule has 0 bridgehead atoms. The van der Waals surface area contributed by atoms with Gasteiger partial charge in [-0.15, -0.1) is 0 Å². The molecule has 1 aliphatic heterocycles. The zero-order valence-electron chi connectivity index (χ0n) is 15.6. The van der Waals surface area contributed by atoms with Crippen LogP contribution in [0.15, 0.2) is 72.9 Å². The quantitative estimate of drug-likeness (QED) is 0.686. The fraction of sp³-hybridized carbons (Fsp3) is 0.261. The zero-order chi connectivity index (χ0) is 18.6. The van der Waals surface area contributed by atoms with Crippen molar-refractivity contribution in [3.8, 4) is 0 Å². The Morgan fingerprint density at radius 2 is 1.78 bits per heavy atom. The third kappa shape index (κ3) is 3.91. The van der Waals surface area contributed by atoms with Crippen LogP contribution in [0.4, 0.5) is 0 Å². The largest absolute Gasteiger partial charge is 0.362 e. The van der Waals surface area contributed by atoms with Crippen LogP contribution in [-0.4, -0.2) is 27.7 Å². The molecule has 2 aromatic carbocycles. The summed E-state index contributed by atoms with van der Waals surface area (Å²) in [6.07, 6.45) is 3.14. The molecule has 138 valence electrons. The third-order valence-electron chi connectivity index (χ3n) is 5.22. The normalized spacial score (nSPS) is 16.0. The van der Waals surface area contributed by atoms with E-state index >= 15 is 0 Å². The Hall–Kier alpha value is -2.59. The van der Waals surface area contributed by atoms with E-state index in [1.807, 2.05) is 0 Å². The van der Waals surface area contributed by atoms with Gasteiger partial charge in [0.25, 0.3) is 0 Å². The Morgan fingerprint density at radius 1 is 1.00 bits per heavy atom. The molecular formula is C23H25N3S. The van der Waals surface area contributed by atoms with Crippen molar-refractivity contribution in [2.45, 2.75) is 25.9 Å². The molecule has 0 amide bonds. The van der Waals surface area contributed by atoms with Crippen molar-refractivity contribution >= 4 is 17.3 Å². The number of hydrogen-bond acceptors (Lipinski definition) is 1. The van der Waals surface area contributed by atoms with E-state index < -0.39 is 0 Å². The lowest BCUT2D eigenvalue weighted by molar-refractivity contribution is 0.286. The maximum absolute atomic E-state index is 5.80. The number of rotatable bonds is 4. The Morgan fingerprint density at radius 3 is 2.56 bits per heavy atom. The molecule has 3 aromatic rings. The van der Waals surface area contributed by atoms with E-state index in [2.05, 4.69) is 94.6 Å². The Kier molecular flexibility index (Phi) is 5.26. The van der Waals surface area contributed by atoms with E-state index in [-0.39, 0.29) is 6.04 Å². The fourth-order valence-corrected chi connectivity index (χ4v) is 4.06. The van der Waals surface area contributed by atoms with Crippen LogP contribution in [0.1, 0.15) is 28.4 Å². The highest BCUT2D eigenvalue weighted by Crippen LogP contribution is 2.32. The van der Waals surface area contributed by atoms with Crippen LogP contribution in [0, 0.1) is 6.92 Å². The molecule has 3 nitrogen and oxygen atoms in total. The molecule has 2 heterocycles. The van der Waals surface area contributed by atoms with Crippen molar-refractivity contribution in [3.63, 3.8) is 0 Å². The monoisotopic (exact) mass is 375 g/mol. The first-order chi connectivity index (χ1) is 13.2. The number of hydrogen-bond donors (Lipinski definition) is 1. The molecule has 0 saturated heterocycles. The summed E-state index contributed by atoms with van der Waals surface area (Å²) in [6.45, 7) is 4.85. The Labute approximate surface area is 166 Å². The first kappa shape index (κ1) is 17.8. The van der Waals surface area contributed by atoms with Gasteiger partial charge in [-0.2, -0.15) is 0 Å². The van der Waals surface area contributed by atoms with Crippen molar-refractivity contribution in [3.05, 3.63) is 95.3 Å². The maximum Gasteiger partial charge on any atom is 0.169 e. The lowest BCUT2D eigenvalue weighted by Gasteiger charge is -2.39. The molecule has 27 heavy (non-hydrogen) atoms. The van der Waals surface area contributed by atoms with E-state index in [0.717, 1.165) is 31.2 Å². The SMILES string of the molecule is Cc1ccc([C@H]2c3cccn3CCN2C(=S)NCCc2ccccc2)cc1. The van der Waals surface area contributed by atoms with Gasteiger partial charge in [-0.25, -0.2) is 0 Å². The second kappa shape index (κ2) is 7.97. The summed E-state index contributed by atoms with van der Waals surface area (Å²) in [4.78, 5) is 2.33. The molecule has 0 spiro atoms. The van der Waals surface area contributed by atoms with Crippen LogP contribution in [0.5, 0.6) is 0 Å². The van der Waals surface area contributed by atoms with Gasteiger partial charge in [-0.3, -0.25) is 0 Å². The number of aromatic nitrogens is 1. The molecule has 1 N–H and O–H groups in total. The Balaban J connectivity index is 1.51. The van der Waals surface area contributed by atoms with Gasteiger partial charge in [0.1, 0.15) is 0 Å². The van der Waals surface area contributed by atoms with Gasteiger partial charge in [-0.1, -0.05) is 60.2 Å². The molecule has 0 saturated carbocycles. The minimum absolute atomic E-state index is 0.158. The Bertz CT molecular complexity index is 899. The van der Waals surface area contributed by atoms with Crippen molar-refractivity contribution in [1.82, 2.24) is 14.8 Å². The molecule has 1 aliphatic rings. The van der Waals surface area contributed by atoms with Crippen molar-refractivity contribution in [2.24, 2.45) is 0 Å². The first-order valence-corrected chi connectivity index (χ1v) is 9.93. The van der Waals surface area contributed by atoms with Crippen LogP contribution in [0.2, 0.25) is 0 Å². The predicted octanol–water partition coefficient (Wildman–Crippen LogP) is 4.32. The minimum atomic E-state index is 0.158. The molecule has 0 radical (unpaired) electrons. The summed E-state index contributed by atoms with van der Waals surface area (Å²) in [5, 5.41) is 4.32. The van der Waals surface area contributed by atoms with Gasteiger partial charge in [-0.05, 0) is 48.8 Å². The summed E-state index contributed by atoms with van der Waals surface area (Å²) in [5.74, 6) is 0. The summed E-state index contributed by atoms with van der Waals surface area (Å²) in [7, 11) is 0. The van der Waals surface area contributed by atoms with Crippen LogP contribution in [0.25, 0.3) is 0 Å². The molecule has 1 atom stereocenters. The van der Waals surface area contributed by atoms with E-state index in [1.165, 1.54) is 22.4 Å². The molecule has 1 aromatic heterocycles. The second-order valence-electron chi connectivity index (χ2n) is 7.10. The predicted molar refractivity (Wildman–Crippen MR) is 115 cm³/mol. The van der Waals surface area contributed by atoms with E-state index in [0.29, 0.717) is 0 Å². The molecule has 0 aliphatic carbocycles. The maximum atomic E-state index is 5.80. The number of fused-ring (bicyclic) bond motifs is 1. The van der Waals surface area contributed by atoms with Crippen LogP contribution in [-0.2, 0) is 13.0 Å². The summed E-state index contributed by atoms with van der Waals surface area (Å²) >= 11 is 5.80. The van der Waals surface area contributed by atoms with Gasteiger partial charge < -0.3 is 14.8 Å². The van der Waals surface area contributed by atoms with Crippen LogP contribution >= 0.6 is 12.2 Å². The van der Waals surface area contributed by atoms with E-state index in [4.69, 9.17) is 12.2 Å². The van der Waals surface area contributed by atoms with Crippen LogP contribution < -0.4 is 5.32 Å². The highest BCUT2D eigenvalue weighted by molar-refractivity contribution is 7.80. The van der Waals surface area contributed by atoms with Gasteiger partial charge >= 0.3 is 0 Å². The topological polar surface area (TPSA) is 20.2 Å². The molecular weight excluding hydrogens is 350 g/mol. The smallest absolute Gasteiger partial charge is 0.169 e. The summed E-state index contributed by atoms with van der Waals surface area (Å²) in [5.41, 5.74) is 5.19. The van der Waals surface area contributed by atoms with E-state index in [9.17, 15) is 0 Å². The molecule has 0 unspecified atom stereocenters. The second-order valence-corrected chi connectivity index (χ2v) is 7.49. The van der Waals surface area contributed by atoms with Crippen LogP contribution in [0.3, 0.4) is 0 Å². The summed E-state index contributed by atoms with van der Waals surface area (Å²) in [6, 6.07) is 23.9. The first-order valence-electron chi connectivity index (χ1n) is 9.52. The van der Waals surface area contributed by atoms with Gasteiger partial charge in [0.15, 0.2) is 5.11 Å². The molecule has 4 rings (SSSR count). The summed E-state index contributed by atoms with van der Waals surface area (Å²) < 4.78 is 2.34. The van der Waals surface area contributed by atoms with Gasteiger partial charge in [0.2, 0.25) is 0 Å². The molecule has 4 heteroatoms. The number of aryl methyl sites for hydroxylation is 1. The number of nitrogens with zero attached hydrogens (tertiary/aromatic N) is 2. The molecule has 0 fully saturated rings. The average Bonchev–Trinajstić information content (AvgIpc) is 3.17. The van der Waals surface area contributed by atoms with E-state index in [1.54, 1.807) is 0 Å². The number of benzene rings is 2. The van der Waals surface area contributed by atoms with Gasteiger partial charge in [0, 0.05) is 31.5 Å². The van der Waals surface area contributed by atoms with Gasteiger partial charge in [0.05, 0.1) is 6.04 Å². The van der Waals surface area contributed by atoms with Crippen molar-refractivity contribution in [1.29, 1.82) is 0 Å². The number of nitrogens with one attached hydrogen (secondary N) is 1. The average molecular weight is 376 g/mol. The number of thiocarbonyl (C=S) groups is 1. The fourth-order valence-electron chi connectivity index (χ4n) is 3.76. The lowest BCUT2D eigenvalue weighted by Crippen LogP contribution is -2.47. The standard InChI is InChI=1S/C23H25N3S/c1-18-9-11-20(12-10-18)22-21-8-5-15-25(21)16-17-26(22)23(27)24-14-13-19-6-3-2-4-7-19/h2-12,15,22H,13-14,16-17H2,1H3,(H,24,27)/t22-/m0/s1.